The van der Waals surface area contributed by atoms with Crippen molar-refractivity contribution in [2.75, 3.05) is 7.11 Å². The molecule has 0 aliphatic carbocycles. The molecule has 0 bridgehead atoms. The van der Waals surface area contributed by atoms with Crippen molar-refractivity contribution in [3.05, 3.63) is 38.9 Å². The summed E-state index contributed by atoms with van der Waals surface area (Å²) in [4.78, 5) is 38.8. The van der Waals surface area contributed by atoms with Gasteiger partial charge in [-0.2, -0.15) is 0 Å². The molecule has 122 valence electrons. The van der Waals surface area contributed by atoms with Crippen molar-refractivity contribution in [3.8, 4) is 0 Å². The lowest BCUT2D eigenvalue weighted by Gasteiger charge is -2.11. The van der Waals surface area contributed by atoms with E-state index in [2.05, 4.69) is 15.0 Å². The van der Waals surface area contributed by atoms with Gasteiger partial charge in [-0.1, -0.05) is 0 Å². The minimum Gasteiger partial charge on any atom is -0.465 e. The largest absolute Gasteiger partial charge is 0.465 e. The number of nitrogens with zero attached hydrogens (tertiary/aromatic N) is 1. The maximum atomic E-state index is 12.5. The summed E-state index contributed by atoms with van der Waals surface area (Å²) in [6.07, 6.45) is 0. The molecule has 0 saturated heterocycles. The van der Waals surface area contributed by atoms with E-state index >= 15 is 0 Å². The van der Waals surface area contributed by atoms with Gasteiger partial charge in [0.05, 0.1) is 23.6 Å². The number of esters is 1. The molecule has 1 heterocycles. The second-order valence-corrected chi connectivity index (χ2v) is 5.68. The number of ether oxygens (including phenoxy) is 1. The molecule has 0 radical (unpaired) electrons. The number of aromatic nitrogens is 2. The third-order valence-electron chi connectivity index (χ3n) is 3.15. The number of benzene rings is 1. The Hall–Kier alpha value is -2.48. The topological polar surface area (TPSA) is 93.2 Å². The van der Waals surface area contributed by atoms with E-state index in [9.17, 15) is 14.4 Å². The van der Waals surface area contributed by atoms with E-state index in [1.807, 2.05) is 13.8 Å². The van der Waals surface area contributed by atoms with Crippen molar-refractivity contribution in [1.29, 1.82) is 0 Å². The third-order valence-corrected chi connectivity index (χ3v) is 3.48. The van der Waals surface area contributed by atoms with Crippen LogP contribution in [0.3, 0.4) is 0 Å². The molecule has 8 heteroatoms. The Bertz CT molecular complexity index is 882. The van der Waals surface area contributed by atoms with Crippen LogP contribution in [0.25, 0.3) is 10.9 Å². The average molecular weight is 335 g/mol. The molecule has 2 aromatic rings. The fourth-order valence-corrected chi connectivity index (χ4v) is 2.41. The summed E-state index contributed by atoms with van der Waals surface area (Å²) in [5, 5.41) is 3.04. The summed E-state index contributed by atoms with van der Waals surface area (Å²) >= 11 is 5.15. The number of H-pyrrole nitrogens is 1. The molecule has 0 spiro atoms. The number of fused-ring (bicyclic) bond motifs is 1. The first-order chi connectivity index (χ1) is 10.8. The number of aromatic amines is 1. The van der Waals surface area contributed by atoms with E-state index in [-0.39, 0.29) is 28.8 Å². The second-order valence-electron chi connectivity index (χ2n) is 5.30. The molecular formula is C15H17N3O4S. The van der Waals surface area contributed by atoms with Gasteiger partial charge in [-0.15, -0.1) is 0 Å². The second kappa shape index (κ2) is 6.74. The Labute approximate surface area is 137 Å². The number of nitrogens with one attached hydrogen (secondary N) is 2. The van der Waals surface area contributed by atoms with E-state index in [0.29, 0.717) is 16.5 Å². The van der Waals surface area contributed by atoms with Crippen LogP contribution in [0.2, 0.25) is 0 Å². The fourth-order valence-electron chi connectivity index (χ4n) is 2.15. The van der Waals surface area contributed by atoms with Gasteiger partial charge in [0.15, 0.2) is 4.77 Å². The van der Waals surface area contributed by atoms with Crippen LogP contribution in [0, 0.1) is 4.77 Å². The number of rotatable bonds is 4. The molecular weight excluding hydrogens is 318 g/mol. The summed E-state index contributed by atoms with van der Waals surface area (Å²) in [7, 11) is 1.28. The molecule has 0 unspecified atom stereocenters. The number of amides is 1. The van der Waals surface area contributed by atoms with Crippen LogP contribution in [0.1, 0.15) is 24.2 Å². The zero-order valence-corrected chi connectivity index (χ0v) is 13.8. The van der Waals surface area contributed by atoms with Crippen molar-refractivity contribution in [2.45, 2.75) is 26.4 Å². The number of methoxy groups -OCH3 is 1. The lowest BCUT2D eigenvalue weighted by molar-refractivity contribution is -0.122. The molecule has 0 fully saturated rings. The molecule has 0 saturated carbocycles. The number of carbonyl (C=O) groups excluding carboxylic acids is 2. The van der Waals surface area contributed by atoms with E-state index in [1.165, 1.54) is 29.9 Å². The van der Waals surface area contributed by atoms with Crippen LogP contribution in [0.15, 0.2) is 23.0 Å². The summed E-state index contributed by atoms with van der Waals surface area (Å²) in [5.41, 5.74) is 0.336. The van der Waals surface area contributed by atoms with Gasteiger partial charge in [0.1, 0.15) is 6.54 Å². The number of hydrogen-bond acceptors (Lipinski definition) is 5. The monoisotopic (exact) mass is 335 g/mol. The van der Waals surface area contributed by atoms with Gasteiger partial charge < -0.3 is 15.0 Å². The predicted octanol–water partition coefficient (Wildman–Crippen LogP) is 1.37. The van der Waals surface area contributed by atoms with Crippen molar-refractivity contribution in [3.63, 3.8) is 0 Å². The van der Waals surface area contributed by atoms with E-state index in [0.717, 1.165) is 0 Å². The maximum Gasteiger partial charge on any atom is 0.337 e. The maximum absolute atomic E-state index is 12.5. The summed E-state index contributed by atoms with van der Waals surface area (Å²) in [5.74, 6) is -0.807. The molecule has 1 aromatic heterocycles. The van der Waals surface area contributed by atoms with Crippen LogP contribution in [-0.2, 0) is 16.1 Å². The van der Waals surface area contributed by atoms with Crippen LogP contribution in [0.5, 0.6) is 0 Å². The average Bonchev–Trinajstić information content (AvgIpc) is 2.49. The highest BCUT2D eigenvalue weighted by molar-refractivity contribution is 7.71. The fraction of sp³-hybridized carbons (Fsp3) is 0.333. The molecule has 0 aliphatic rings. The standard InChI is InChI=1S/C15H17N3O4S/c1-8(2)16-12(19)7-18-13(20)10-5-4-9(14(21)22-3)6-11(10)17-15(18)23/h4-6,8H,7H2,1-3H3,(H,16,19)(H,17,23). The zero-order valence-electron chi connectivity index (χ0n) is 13.0. The zero-order chi connectivity index (χ0) is 17.1. The quantitative estimate of drug-likeness (QED) is 0.650. The smallest absolute Gasteiger partial charge is 0.337 e. The minimum atomic E-state index is -0.508. The summed E-state index contributed by atoms with van der Waals surface area (Å²) in [6.45, 7) is 3.49. The molecule has 2 rings (SSSR count). The van der Waals surface area contributed by atoms with Crippen molar-refractivity contribution in [2.24, 2.45) is 0 Å². The summed E-state index contributed by atoms with van der Waals surface area (Å²) in [6, 6.07) is 4.47. The van der Waals surface area contributed by atoms with Crippen LogP contribution in [0.4, 0.5) is 0 Å². The lowest BCUT2D eigenvalue weighted by Crippen LogP contribution is -2.36. The number of hydrogen-bond donors (Lipinski definition) is 2. The molecule has 0 aliphatic heterocycles. The van der Waals surface area contributed by atoms with Gasteiger partial charge in [0, 0.05) is 6.04 Å². The summed E-state index contributed by atoms with van der Waals surface area (Å²) < 4.78 is 5.95. The first kappa shape index (κ1) is 16.9. The minimum absolute atomic E-state index is 0.0289. The van der Waals surface area contributed by atoms with Gasteiger partial charge in [-0.05, 0) is 44.3 Å². The lowest BCUT2D eigenvalue weighted by atomic mass is 10.1. The molecule has 2 N–H and O–H groups in total. The Morgan fingerprint density at radius 3 is 2.70 bits per heavy atom. The van der Waals surface area contributed by atoms with Gasteiger partial charge in [-0.25, -0.2) is 4.79 Å². The van der Waals surface area contributed by atoms with Gasteiger partial charge in [0.2, 0.25) is 5.91 Å². The molecule has 0 atom stereocenters. The predicted molar refractivity (Wildman–Crippen MR) is 88.0 cm³/mol. The normalized spacial score (nSPS) is 10.8. The Balaban J connectivity index is 2.50. The van der Waals surface area contributed by atoms with E-state index in [1.54, 1.807) is 0 Å². The third kappa shape index (κ3) is 3.65. The van der Waals surface area contributed by atoms with Gasteiger partial charge in [-0.3, -0.25) is 14.2 Å². The Kier molecular flexibility index (Phi) is 4.95. The molecule has 1 aromatic carbocycles. The number of carbonyl (C=O) groups is 2. The molecule has 7 nitrogen and oxygen atoms in total. The Morgan fingerprint density at radius 2 is 2.09 bits per heavy atom. The van der Waals surface area contributed by atoms with Gasteiger partial charge >= 0.3 is 5.97 Å². The highest BCUT2D eigenvalue weighted by Gasteiger charge is 2.12. The van der Waals surface area contributed by atoms with E-state index < -0.39 is 5.97 Å². The molecule has 1 amide bonds. The van der Waals surface area contributed by atoms with Crippen molar-refractivity contribution >= 4 is 35.0 Å². The highest BCUT2D eigenvalue weighted by atomic mass is 32.1. The first-order valence-electron chi connectivity index (χ1n) is 6.98. The molecule has 23 heavy (non-hydrogen) atoms. The Morgan fingerprint density at radius 1 is 1.39 bits per heavy atom. The van der Waals surface area contributed by atoms with Crippen LogP contribution < -0.4 is 10.9 Å². The van der Waals surface area contributed by atoms with Crippen LogP contribution in [-0.4, -0.2) is 34.6 Å². The highest BCUT2D eigenvalue weighted by Crippen LogP contribution is 2.11. The van der Waals surface area contributed by atoms with Crippen LogP contribution >= 0.6 is 12.2 Å². The first-order valence-corrected chi connectivity index (χ1v) is 7.39. The SMILES string of the molecule is COC(=O)c1ccc2c(=O)n(CC(=O)NC(C)C)c(=S)[nH]c2c1. The van der Waals surface area contributed by atoms with Crippen molar-refractivity contribution < 1.29 is 14.3 Å². The van der Waals surface area contributed by atoms with Crippen molar-refractivity contribution in [1.82, 2.24) is 14.9 Å². The van der Waals surface area contributed by atoms with E-state index in [4.69, 9.17) is 12.2 Å². The van der Waals surface area contributed by atoms with Gasteiger partial charge in [0.25, 0.3) is 5.56 Å².